The van der Waals surface area contributed by atoms with Crippen molar-refractivity contribution in [3.8, 4) is 0 Å². The van der Waals surface area contributed by atoms with Gasteiger partial charge in [-0.25, -0.2) is 4.98 Å². The van der Waals surface area contributed by atoms with Gasteiger partial charge in [-0.05, 0) is 42.8 Å². The molecule has 0 unspecified atom stereocenters. The van der Waals surface area contributed by atoms with Crippen molar-refractivity contribution in [2.45, 2.75) is 0 Å². The normalized spacial score (nSPS) is 15.3. The first-order valence-electron chi connectivity index (χ1n) is 8.71. The summed E-state index contributed by atoms with van der Waals surface area (Å²) in [5, 5.41) is 7.40. The van der Waals surface area contributed by atoms with Crippen LogP contribution in [0.1, 0.15) is 0 Å². The molecule has 0 atom stereocenters. The van der Waals surface area contributed by atoms with Gasteiger partial charge in [-0.3, -0.25) is 14.4 Å². The topological polar surface area (TPSA) is 96.3 Å². The van der Waals surface area contributed by atoms with Gasteiger partial charge in [0.2, 0.25) is 0 Å². The van der Waals surface area contributed by atoms with Gasteiger partial charge in [-0.1, -0.05) is 12.2 Å². The minimum atomic E-state index is -0.586. The Hall–Kier alpha value is -3.94. The fraction of sp³-hybridized carbons (Fsp3) is 0.100. The van der Waals surface area contributed by atoms with Gasteiger partial charge in [0.05, 0.1) is 0 Å². The number of rotatable bonds is 3. The second-order valence-electron chi connectivity index (χ2n) is 6.19. The molecule has 2 aliphatic rings. The molecular weight excluding hydrogens is 358 g/mol. The van der Waals surface area contributed by atoms with Gasteiger partial charge in [-0.2, -0.15) is 9.69 Å². The van der Waals surface area contributed by atoms with Crippen molar-refractivity contribution in [1.29, 1.82) is 0 Å². The Labute approximate surface area is 160 Å². The fourth-order valence-electron chi connectivity index (χ4n) is 3.01. The van der Waals surface area contributed by atoms with Gasteiger partial charge in [0, 0.05) is 41.9 Å². The molecule has 2 aromatic heterocycles. The van der Waals surface area contributed by atoms with Crippen LogP contribution in [0.4, 0.5) is 0 Å². The van der Waals surface area contributed by atoms with E-state index in [1.807, 2.05) is 0 Å². The molecule has 0 bridgehead atoms. The van der Waals surface area contributed by atoms with Crippen molar-refractivity contribution in [2.75, 3.05) is 18.1 Å². The molecule has 0 radical (unpaired) electrons. The highest BCUT2D eigenvalue weighted by Gasteiger charge is 2.31. The maximum atomic E-state index is 13.3. The van der Waals surface area contributed by atoms with Crippen molar-refractivity contribution in [1.82, 2.24) is 20.3 Å². The summed E-state index contributed by atoms with van der Waals surface area (Å²) in [6, 6.07) is 6.42. The molecule has 8 nitrogen and oxygen atoms in total. The molecule has 4 rings (SSSR count). The molecule has 0 saturated heterocycles. The van der Waals surface area contributed by atoms with Crippen molar-refractivity contribution in [3.63, 3.8) is 0 Å². The van der Waals surface area contributed by atoms with Crippen LogP contribution in [0.25, 0.3) is 11.0 Å². The number of allylic oxidation sites excluding steroid dienone is 4. The monoisotopic (exact) mass is 375 g/mol. The Balaban J connectivity index is 1.91. The molecule has 0 aliphatic carbocycles. The number of imide groups is 1. The van der Waals surface area contributed by atoms with Crippen LogP contribution < -0.4 is 21.2 Å². The molecule has 0 spiro atoms. The minimum absolute atomic E-state index is 0.233. The first-order chi connectivity index (χ1) is 13.7. The lowest BCUT2D eigenvalue weighted by Crippen LogP contribution is -2.53. The molecule has 28 heavy (non-hydrogen) atoms. The smallest absolute Gasteiger partial charge is 0.278 e. The Morgan fingerprint density at radius 1 is 0.964 bits per heavy atom. The van der Waals surface area contributed by atoms with Crippen LogP contribution in [-0.2, 0) is 9.59 Å². The van der Waals surface area contributed by atoms with Crippen molar-refractivity contribution < 1.29 is 9.59 Å². The van der Waals surface area contributed by atoms with Crippen LogP contribution in [0.3, 0.4) is 0 Å². The Kier molecular flexibility index (Phi) is 4.59. The number of pyridine rings is 2. The average molecular weight is 375 g/mol. The van der Waals surface area contributed by atoms with Gasteiger partial charge < -0.3 is 10.6 Å². The van der Waals surface area contributed by atoms with Crippen LogP contribution in [-0.4, -0.2) is 34.6 Å². The molecule has 0 saturated carbocycles. The SMILES string of the molecule is O=C(C1=CC=CNC1)N(C(=O)C1=CC=CNC1)n1c(=O)ccc2cccnc21. The largest absolute Gasteiger partial charge is 0.387 e. The minimum Gasteiger partial charge on any atom is -0.387 e. The van der Waals surface area contributed by atoms with Gasteiger partial charge in [0.25, 0.3) is 17.4 Å². The third kappa shape index (κ3) is 3.11. The average Bonchev–Trinajstić information content (AvgIpc) is 2.76. The Morgan fingerprint density at radius 3 is 2.18 bits per heavy atom. The highest BCUT2D eigenvalue weighted by atomic mass is 16.2. The summed E-state index contributed by atoms with van der Waals surface area (Å²) >= 11 is 0. The maximum Gasteiger partial charge on any atom is 0.278 e. The van der Waals surface area contributed by atoms with E-state index in [1.165, 1.54) is 12.3 Å². The zero-order valence-corrected chi connectivity index (χ0v) is 14.8. The zero-order valence-electron chi connectivity index (χ0n) is 14.8. The van der Waals surface area contributed by atoms with Crippen LogP contribution in [0.15, 0.2) is 83.1 Å². The van der Waals surface area contributed by atoms with E-state index in [1.54, 1.807) is 54.9 Å². The number of nitrogens with one attached hydrogen (secondary N) is 2. The molecule has 2 amide bonds. The quantitative estimate of drug-likeness (QED) is 0.758. The number of nitrogens with zero attached hydrogens (tertiary/aromatic N) is 3. The van der Waals surface area contributed by atoms with E-state index in [0.29, 0.717) is 16.5 Å². The van der Waals surface area contributed by atoms with E-state index in [2.05, 4.69) is 15.6 Å². The van der Waals surface area contributed by atoms with Crippen LogP contribution in [0.5, 0.6) is 0 Å². The summed E-state index contributed by atoms with van der Waals surface area (Å²) in [6.07, 6.45) is 11.5. The molecule has 2 N–H and O–H groups in total. The molecule has 0 aromatic carbocycles. The number of hydrogen-bond donors (Lipinski definition) is 2. The number of amides is 2. The van der Waals surface area contributed by atoms with Gasteiger partial charge in [0.1, 0.15) is 0 Å². The highest BCUT2D eigenvalue weighted by molar-refractivity contribution is 6.21. The number of hydrogen-bond acceptors (Lipinski definition) is 6. The second-order valence-corrected chi connectivity index (χ2v) is 6.19. The van der Waals surface area contributed by atoms with Crippen molar-refractivity contribution in [3.05, 3.63) is 88.7 Å². The first kappa shape index (κ1) is 17.5. The third-order valence-electron chi connectivity index (χ3n) is 4.37. The number of aromatic nitrogens is 2. The van der Waals surface area contributed by atoms with Gasteiger partial charge >= 0.3 is 0 Å². The molecule has 0 fully saturated rings. The lowest BCUT2D eigenvalue weighted by atomic mass is 10.1. The molecule has 140 valence electrons. The van der Waals surface area contributed by atoms with Gasteiger partial charge in [-0.15, -0.1) is 0 Å². The summed E-state index contributed by atoms with van der Waals surface area (Å²) in [4.78, 5) is 43.5. The summed E-state index contributed by atoms with van der Waals surface area (Å²) < 4.78 is 1.04. The van der Waals surface area contributed by atoms with Crippen LogP contribution in [0.2, 0.25) is 0 Å². The van der Waals surface area contributed by atoms with E-state index in [4.69, 9.17) is 0 Å². The summed E-state index contributed by atoms with van der Waals surface area (Å²) in [5.41, 5.74) is 0.426. The van der Waals surface area contributed by atoms with E-state index in [9.17, 15) is 14.4 Å². The van der Waals surface area contributed by atoms with E-state index in [-0.39, 0.29) is 18.7 Å². The zero-order chi connectivity index (χ0) is 19.5. The second kappa shape index (κ2) is 7.36. The summed E-state index contributed by atoms with van der Waals surface area (Å²) in [7, 11) is 0. The summed E-state index contributed by atoms with van der Waals surface area (Å²) in [5.74, 6) is -1.17. The third-order valence-corrected chi connectivity index (χ3v) is 4.37. The van der Waals surface area contributed by atoms with E-state index >= 15 is 0 Å². The Bertz CT molecular complexity index is 1100. The first-order valence-corrected chi connectivity index (χ1v) is 8.71. The summed E-state index contributed by atoms with van der Waals surface area (Å²) in [6.45, 7) is 0.506. The molecule has 8 heteroatoms. The highest BCUT2D eigenvalue weighted by Crippen LogP contribution is 2.14. The number of carbonyl (C=O) groups is 2. The lowest BCUT2D eigenvalue weighted by molar-refractivity contribution is -0.125. The van der Waals surface area contributed by atoms with Crippen LogP contribution >= 0.6 is 0 Å². The van der Waals surface area contributed by atoms with Crippen molar-refractivity contribution in [2.24, 2.45) is 0 Å². The predicted molar refractivity (Wildman–Crippen MR) is 105 cm³/mol. The number of fused-ring (bicyclic) bond motifs is 1. The van der Waals surface area contributed by atoms with Crippen LogP contribution in [0, 0.1) is 0 Å². The van der Waals surface area contributed by atoms with Gasteiger partial charge in [0.15, 0.2) is 5.65 Å². The standard InChI is InChI=1S/C20H17N5O3/c26-17-8-7-14-4-3-11-23-18(14)24(17)25(19(27)15-5-1-9-21-12-15)20(28)16-6-2-10-22-13-16/h1-11,21-22H,12-13H2. The predicted octanol–water partition coefficient (Wildman–Crippen LogP) is 0.474. The Morgan fingerprint density at radius 2 is 1.61 bits per heavy atom. The van der Waals surface area contributed by atoms with Crippen molar-refractivity contribution >= 4 is 22.8 Å². The maximum absolute atomic E-state index is 13.3. The molecule has 4 heterocycles. The van der Waals surface area contributed by atoms with E-state index < -0.39 is 17.4 Å². The molecule has 2 aliphatic heterocycles. The van der Waals surface area contributed by atoms with E-state index in [0.717, 1.165) is 9.69 Å². The number of carbonyl (C=O) groups excluding carboxylic acids is 2. The lowest BCUT2D eigenvalue weighted by Gasteiger charge is -2.26. The molecular formula is C20H17N5O3. The fourth-order valence-corrected chi connectivity index (χ4v) is 3.01. The number of dihydropyridines is 2. The molecule has 2 aromatic rings.